The van der Waals surface area contributed by atoms with Gasteiger partial charge in [0.1, 0.15) is 0 Å². The fraction of sp³-hybridized carbons (Fsp3) is 0.200. The zero-order valence-corrected chi connectivity index (χ0v) is 5.98. The number of thiocarbonyl (C=S) groups is 1. The molecule has 0 amide bonds. The van der Waals surface area contributed by atoms with Gasteiger partial charge in [-0.05, 0) is 25.2 Å². The van der Waals surface area contributed by atoms with Crippen LogP contribution >= 0.6 is 12.2 Å². The van der Waals surface area contributed by atoms with E-state index in [1.165, 1.54) is 0 Å². The van der Waals surface area contributed by atoms with E-state index in [4.69, 9.17) is 5.73 Å². The molecule has 0 saturated carbocycles. The lowest BCUT2D eigenvalue weighted by atomic mass is 10.6. The Morgan fingerprint density at radius 1 is 1.78 bits per heavy atom. The average Bonchev–Trinajstić information content (AvgIpc) is 1.80. The van der Waals surface area contributed by atoms with E-state index in [0.29, 0.717) is 0 Å². The van der Waals surface area contributed by atoms with E-state index in [9.17, 15) is 0 Å². The van der Waals surface area contributed by atoms with Crippen LogP contribution in [0.15, 0.2) is 17.3 Å². The lowest BCUT2D eigenvalue weighted by molar-refractivity contribution is 1.04. The molecule has 0 aromatic carbocycles. The number of hydrazone groups is 1. The van der Waals surface area contributed by atoms with Crippen molar-refractivity contribution in [2.45, 2.75) is 6.92 Å². The molecule has 0 aliphatic carbocycles. The molecule has 50 valence electrons. The van der Waals surface area contributed by atoms with E-state index in [2.05, 4.69) is 22.7 Å². The predicted octanol–water partition coefficient (Wildman–Crippen LogP) is 0.382. The summed E-state index contributed by atoms with van der Waals surface area (Å²) >= 11 is 4.47. The van der Waals surface area contributed by atoms with Crippen molar-refractivity contribution in [3.05, 3.63) is 12.2 Å². The minimum Gasteiger partial charge on any atom is -0.375 e. The van der Waals surface area contributed by atoms with E-state index in [-0.39, 0.29) is 5.11 Å². The first-order valence-electron chi connectivity index (χ1n) is 2.47. The predicted molar refractivity (Wildman–Crippen MR) is 43.2 cm³/mol. The molecule has 0 unspecified atom stereocenters. The molecule has 0 aromatic rings. The second kappa shape index (κ2) is 5.24. The van der Waals surface area contributed by atoms with Crippen molar-refractivity contribution in [1.82, 2.24) is 5.43 Å². The van der Waals surface area contributed by atoms with Gasteiger partial charge in [-0.15, -0.1) is 0 Å². The van der Waals surface area contributed by atoms with Gasteiger partial charge in [0.05, 0.1) is 0 Å². The van der Waals surface area contributed by atoms with Crippen LogP contribution < -0.4 is 11.2 Å². The molecule has 0 radical (unpaired) electrons. The van der Waals surface area contributed by atoms with Crippen LogP contribution in [0.4, 0.5) is 0 Å². The van der Waals surface area contributed by atoms with Gasteiger partial charge in [0, 0.05) is 6.21 Å². The zero-order valence-electron chi connectivity index (χ0n) is 5.16. The smallest absolute Gasteiger partial charge is 0.184 e. The van der Waals surface area contributed by atoms with Gasteiger partial charge in [-0.1, -0.05) is 6.08 Å². The molecule has 0 atom stereocenters. The quantitative estimate of drug-likeness (QED) is 0.334. The Morgan fingerprint density at radius 2 is 2.44 bits per heavy atom. The molecule has 3 N–H and O–H groups in total. The third-order valence-electron chi connectivity index (χ3n) is 0.528. The SMILES string of the molecule is C/C=C/C=N\NC(N)=S. The third kappa shape index (κ3) is 7.10. The van der Waals surface area contributed by atoms with Crippen LogP contribution in [0.25, 0.3) is 0 Å². The summed E-state index contributed by atoms with van der Waals surface area (Å²) in [6.45, 7) is 1.90. The molecule has 0 spiro atoms. The second-order valence-electron chi connectivity index (χ2n) is 1.28. The maximum atomic E-state index is 5.06. The average molecular weight is 143 g/mol. The van der Waals surface area contributed by atoms with Crippen LogP contribution in [0, 0.1) is 0 Å². The molecule has 0 aliphatic rings. The van der Waals surface area contributed by atoms with Crippen LogP contribution in [0.3, 0.4) is 0 Å². The minimum atomic E-state index is 0.177. The van der Waals surface area contributed by atoms with Crippen molar-refractivity contribution in [3.63, 3.8) is 0 Å². The molecule has 0 aromatic heterocycles. The number of nitrogens with zero attached hydrogens (tertiary/aromatic N) is 1. The molecule has 0 rings (SSSR count). The van der Waals surface area contributed by atoms with Crippen molar-refractivity contribution in [2.24, 2.45) is 10.8 Å². The van der Waals surface area contributed by atoms with Gasteiger partial charge >= 0.3 is 0 Å². The standard InChI is InChI=1S/C5H9N3S/c1-2-3-4-7-8-5(6)9/h2-4H,1H3,(H3,6,8,9)/b3-2+,7-4-. The second-order valence-corrected chi connectivity index (χ2v) is 1.72. The molecule has 4 heteroatoms. The summed E-state index contributed by atoms with van der Waals surface area (Å²) in [5, 5.41) is 3.81. The Morgan fingerprint density at radius 3 is 2.89 bits per heavy atom. The van der Waals surface area contributed by atoms with Crippen LogP contribution in [0.2, 0.25) is 0 Å². The summed E-state index contributed by atoms with van der Waals surface area (Å²) in [6.07, 6.45) is 5.19. The zero-order chi connectivity index (χ0) is 7.11. The van der Waals surface area contributed by atoms with Crippen LogP contribution in [0.5, 0.6) is 0 Å². The first kappa shape index (κ1) is 8.10. The monoisotopic (exact) mass is 143 g/mol. The van der Waals surface area contributed by atoms with E-state index in [1.807, 2.05) is 13.0 Å². The first-order valence-corrected chi connectivity index (χ1v) is 2.88. The highest BCUT2D eigenvalue weighted by molar-refractivity contribution is 7.80. The van der Waals surface area contributed by atoms with Crippen molar-refractivity contribution < 1.29 is 0 Å². The van der Waals surface area contributed by atoms with Gasteiger partial charge in [-0.25, -0.2) is 0 Å². The Bertz CT molecular complexity index is 139. The Kier molecular flexibility index (Phi) is 4.72. The van der Waals surface area contributed by atoms with Gasteiger partial charge in [-0.3, -0.25) is 5.43 Å². The summed E-state index contributed by atoms with van der Waals surface area (Å²) < 4.78 is 0. The maximum absolute atomic E-state index is 5.06. The Hall–Kier alpha value is -0.900. The number of hydrogen-bond acceptors (Lipinski definition) is 2. The minimum absolute atomic E-state index is 0.177. The number of hydrogen-bond donors (Lipinski definition) is 2. The molecular weight excluding hydrogens is 134 g/mol. The fourth-order valence-corrected chi connectivity index (χ4v) is 0.283. The summed E-state index contributed by atoms with van der Waals surface area (Å²) in [4.78, 5) is 0. The Labute approximate surface area is 59.6 Å². The highest BCUT2D eigenvalue weighted by Gasteiger charge is 1.73. The largest absolute Gasteiger partial charge is 0.375 e. The lowest BCUT2D eigenvalue weighted by Gasteiger charge is -1.89. The number of nitrogens with one attached hydrogen (secondary N) is 1. The summed E-state index contributed by atoms with van der Waals surface area (Å²) in [5.74, 6) is 0. The van der Waals surface area contributed by atoms with Gasteiger partial charge < -0.3 is 5.73 Å². The normalized spacial score (nSPS) is 10.8. The van der Waals surface area contributed by atoms with Crippen molar-refractivity contribution in [3.8, 4) is 0 Å². The molecule has 0 heterocycles. The van der Waals surface area contributed by atoms with Gasteiger partial charge in [0.25, 0.3) is 0 Å². The molecule has 3 nitrogen and oxygen atoms in total. The van der Waals surface area contributed by atoms with E-state index < -0.39 is 0 Å². The highest BCUT2D eigenvalue weighted by Crippen LogP contribution is 1.63. The topological polar surface area (TPSA) is 50.4 Å². The van der Waals surface area contributed by atoms with Gasteiger partial charge in [0.2, 0.25) is 0 Å². The molecule has 9 heavy (non-hydrogen) atoms. The molecule has 0 aliphatic heterocycles. The number of allylic oxidation sites excluding steroid dienone is 2. The summed E-state index contributed by atoms with van der Waals surface area (Å²) in [5.41, 5.74) is 7.46. The van der Waals surface area contributed by atoms with Gasteiger partial charge in [-0.2, -0.15) is 5.10 Å². The fourth-order valence-electron chi connectivity index (χ4n) is 0.230. The number of nitrogens with two attached hydrogens (primary N) is 1. The highest BCUT2D eigenvalue weighted by atomic mass is 32.1. The molecule has 0 fully saturated rings. The Balaban J connectivity index is 3.36. The molecular formula is C5H9N3S. The lowest BCUT2D eigenvalue weighted by Crippen LogP contribution is -2.23. The first-order chi connectivity index (χ1) is 4.27. The van der Waals surface area contributed by atoms with Crippen LogP contribution in [0.1, 0.15) is 6.92 Å². The van der Waals surface area contributed by atoms with Gasteiger partial charge in [0.15, 0.2) is 5.11 Å². The summed E-state index contributed by atoms with van der Waals surface area (Å²) in [6, 6.07) is 0. The number of rotatable bonds is 2. The van der Waals surface area contributed by atoms with E-state index >= 15 is 0 Å². The molecule has 0 bridgehead atoms. The third-order valence-corrected chi connectivity index (χ3v) is 0.619. The molecule has 0 saturated heterocycles. The van der Waals surface area contributed by atoms with Crippen molar-refractivity contribution in [1.29, 1.82) is 0 Å². The van der Waals surface area contributed by atoms with Crippen molar-refractivity contribution >= 4 is 23.5 Å². The van der Waals surface area contributed by atoms with Crippen LogP contribution in [-0.2, 0) is 0 Å². The van der Waals surface area contributed by atoms with E-state index in [1.54, 1.807) is 12.3 Å². The summed E-state index contributed by atoms with van der Waals surface area (Å²) in [7, 11) is 0. The maximum Gasteiger partial charge on any atom is 0.184 e. The van der Waals surface area contributed by atoms with E-state index in [0.717, 1.165) is 0 Å². The van der Waals surface area contributed by atoms with Crippen LogP contribution in [-0.4, -0.2) is 11.3 Å². The van der Waals surface area contributed by atoms with Crippen molar-refractivity contribution in [2.75, 3.05) is 0 Å².